The fourth-order valence-corrected chi connectivity index (χ4v) is 2.00. The summed E-state index contributed by atoms with van der Waals surface area (Å²) < 4.78 is 6.99. The number of nitrogens with one attached hydrogen (secondary N) is 1. The van der Waals surface area contributed by atoms with Crippen molar-refractivity contribution >= 4 is 23.2 Å². The van der Waals surface area contributed by atoms with Gasteiger partial charge in [-0.05, 0) is 13.0 Å². The van der Waals surface area contributed by atoms with Crippen LogP contribution in [0, 0.1) is 6.92 Å². The number of carbonyl (C=O) groups excluding carboxylic acids is 1. The molecule has 0 aliphatic rings. The second-order valence-corrected chi connectivity index (χ2v) is 4.81. The summed E-state index contributed by atoms with van der Waals surface area (Å²) in [6, 6.07) is 3.02. The molecule has 0 spiro atoms. The Balaban J connectivity index is 2.03. The van der Waals surface area contributed by atoms with Crippen LogP contribution >= 0.6 is 11.6 Å². The van der Waals surface area contributed by atoms with Crippen molar-refractivity contribution in [3.8, 4) is 5.75 Å². The molecule has 2 rings (SSSR count). The highest BCUT2D eigenvalue weighted by Gasteiger charge is 2.14. The number of methoxy groups -OCH3 is 1. The van der Waals surface area contributed by atoms with Crippen LogP contribution in [0.4, 0.5) is 5.69 Å². The van der Waals surface area contributed by atoms with E-state index in [2.05, 4.69) is 15.5 Å². The van der Waals surface area contributed by atoms with Crippen molar-refractivity contribution in [2.75, 3.05) is 19.4 Å². The average Bonchev–Trinajstić information content (AvgIpc) is 2.86. The topological polar surface area (TPSA) is 95.1 Å². The number of carbonyl (C=O) groups is 1. The summed E-state index contributed by atoms with van der Waals surface area (Å²) in [4.78, 5) is 12.2. The van der Waals surface area contributed by atoms with Crippen molar-refractivity contribution in [2.45, 2.75) is 13.5 Å². The standard InChI is InChI=1S/C13H16ClN5O2/c1-8-18-17-7-19(8)4-3-16-13(20)9-5-10(14)11(15)6-12(9)21-2/h5-7H,3-4,15H2,1-2H3,(H,16,20). The maximum atomic E-state index is 12.2. The summed E-state index contributed by atoms with van der Waals surface area (Å²) in [6.45, 7) is 2.86. The number of nitrogens with zero attached hydrogens (tertiary/aromatic N) is 3. The van der Waals surface area contributed by atoms with Gasteiger partial charge >= 0.3 is 0 Å². The van der Waals surface area contributed by atoms with Gasteiger partial charge in [0.2, 0.25) is 0 Å². The molecular weight excluding hydrogens is 294 g/mol. The number of ether oxygens (including phenoxy) is 1. The van der Waals surface area contributed by atoms with Gasteiger partial charge in [-0.1, -0.05) is 11.6 Å². The summed E-state index contributed by atoms with van der Waals surface area (Å²) >= 11 is 5.94. The smallest absolute Gasteiger partial charge is 0.255 e. The van der Waals surface area contributed by atoms with E-state index in [0.29, 0.717) is 35.1 Å². The molecule has 21 heavy (non-hydrogen) atoms. The Morgan fingerprint density at radius 3 is 2.90 bits per heavy atom. The molecule has 0 atom stereocenters. The van der Waals surface area contributed by atoms with Gasteiger partial charge in [-0.2, -0.15) is 0 Å². The Morgan fingerprint density at radius 1 is 1.52 bits per heavy atom. The number of anilines is 1. The lowest BCUT2D eigenvalue weighted by molar-refractivity contribution is 0.0949. The third-order valence-electron chi connectivity index (χ3n) is 3.01. The number of nitrogen functional groups attached to an aromatic ring is 1. The van der Waals surface area contributed by atoms with Crippen LogP contribution in [0.15, 0.2) is 18.5 Å². The molecule has 8 heteroatoms. The Labute approximate surface area is 127 Å². The van der Waals surface area contributed by atoms with E-state index in [0.717, 1.165) is 5.82 Å². The van der Waals surface area contributed by atoms with Crippen molar-refractivity contribution < 1.29 is 9.53 Å². The van der Waals surface area contributed by atoms with Gasteiger partial charge in [0.15, 0.2) is 0 Å². The molecule has 1 aromatic carbocycles. The lowest BCUT2D eigenvalue weighted by Gasteiger charge is -2.11. The Bertz CT molecular complexity index is 656. The molecule has 1 aromatic heterocycles. The number of amides is 1. The van der Waals surface area contributed by atoms with E-state index in [1.807, 2.05) is 11.5 Å². The molecule has 3 N–H and O–H groups in total. The number of hydrogen-bond acceptors (Lipinski definition) is 5. The summed E-state index contributed by atoms with van der Waals surface area (Å²) in [7, 11) is 1.47. The van der Waals surface area contributed by atoms with Gasteiger partial charge in [-0.15, -0.1) is 10.2 Å². The minimum atomic E-state index is -0.278. The van der Waals surface area contributed by atoms with Gasteiger partial charge in [0.05, 0.1) is 23.4 Å². The van der Waals surface area contributed by atoms with E-state index in [1.165, 1.54) is 19.2 Å². The van der Waals surface area contributed by atoms with Gasteiger partial charge in [0.1, 0.15) is 17.9 Å². The number of rotatable bonds is 5. The van der Waals surface area contributed by atoms with Crippen LogP contribution < -0.4 is 15.8 Å². The number of aromatic nitrogens is 3. The highest BCUT2D eigenvalue weighted by atomic mass is 35.5. The molecule has 0 saturated carbocycles. The first-order chi connectivity index (χ1) is 10.0. The van der Waals surface area contributed by atoms with Gasteiger partial charge in [-0.25, -0.2) is 0 Å². The quantitative estimate of drug-likeness (QED) is 0.811. The number of hydrogen-bond donors (Lipinski definition) is 2. The lowest BCUT2D eigenvalue weighted by atomic mass is 10.1. The molecule has 0 unspecified atom stereocenters. The molecule has 2 aromatic rings. The van der Waals surface area contributed by atoms with Crippen molar-refractivity contribution in [2.24, 2.45) is 0 Å². The van der Waals surface area contributed by atoms with Crippen molar-refractivity contribution in [3.63, 3.8) is 0 Å². The maximum absolute atomic E-state index is 12.2. The predicted molar refractivity (Wildman–Crippen MR) is 79.5 cm³/mol. The molecule has 0 aliphatic heterocycles. The first-order valence-electron chi connectivity index (χ1n) is 6.28. The van der Waals surface area contributed by atoms with Crippen molar-refractivity contribution in [1.82, 2.24) is 20.1 Å². The molecule has 1 heterocycles. The zero-order valence-electron chi connectivity index (χ0n) is 11.8. The highest BCUT2D eigenvalue weighted by molar-refractivity contribution is 6.33. The number of nitrogens with two attached hydrogens (primary N) is 1. The third kappa shape index (κ3) is 3.43. The maximum Gasteiger partial charge on any atom is 0.255 e. The Morgan fingerprint density at radius 2 is 2.29 bits per heavy atom. The van der Waals surface area contributed by atoms with Crippen molar-refractivity contribution in [3.05, 3.63) is 34.9 Å². The first kappa shape index (κ1) is 15.1. The summed E-state index contributed by atoms with van der Waals surface area (Å²) in [5.74, 6) is 0.895. The molecule has 0 bridgehead atoms. The molecule has 112 valence electrons. The summed E-state index contributed by atoms with van der Waals surface area (Å²) in [6.07, 6.45) is 1.61. The Kier molecular flexibility index (Phi) is 4.64. The second kappa shape index (κ2) is 6.45. The number of aryl methyl sites for hydroxylation is 1. The zero-order valence-corrected chi connectivity index (χ0v) is 12.5. The third-order valence-corrected chi connectivity index (χ3v) is 3.34. The fraction of sp³-hybridized carbons (Fsp3) is 0.308. The summed E-state index contributed by atoms with van der Waals surface area (Å²) in [5, 5.41) is 10.8. The Hall–Kier alpha value is -2.28. The zero-order chi connectivity index (χ0) is 15.4. The average molecular weight is 310 g/mol. The van der Waals surface area contributed by atoms with Crippen LogP contribution in [-0.2, 0) is 6.54 Å². The largest absolute Gasteiger partial charge is 0.496 e. The highest BCUT2D eigenvalue weighted by Crippen LogP contribution is 2.28. The van der Waals surface area contributed by atoms with Gasteiger partial charge in [-0.3, -0.25) is 4.79 Å². The normalized spacial score (nSPS) is 10.4. The fourth-order valence-electron chi connectivity index (χ4n) is 1.83. The molecule has 0 radical (unpaired) electrons. The van der Waals surface area contributed by atoms with E-state index in [-0.39, 0.29) is 5.91 Å². The summed E-state index contributed by atoms with van der Waals surface area (Å²) in [5.41, 5.74) is 6.40. The van der Waals surface area contributed by atoms with Crippen LogP contribution in [0.2, 0.25) is 5.02 Å². The predicted octanol–water partition coefficient (Wildman–Crippen LogP) is 1.26. The van der Waals surface area contributed by atoms with Gasteiger partial charge < -0.3 is 20.4 Å². The first-order valence-corrected chi connectivity index (χ1v) is 6.66. The van der Waals surface area contributed by atoms with E-state index in [9.17, 15) is 4.79 Å². The molecule has 7 nitrogen and oxygen atoms in total. The van der Waals surface area contributed by atoms with Crippen LogP contribution in [0.25, 0.3) is 0 Å². The van der Waals surface area contributed by atoms with E-state index < -0.39 is 0 Å². The van der Waals surface area contributed by atoms with Crippen LogP contribution in [0.3, 0.4) is 0 Å². The van der Waals surface area contributed by atoms with E-state index in [1.54, 1.807) is 6.33 Å². The molecule has 1 amide bonds. The monoisotopic (exact) mass is 309 g/mol. The minimum Gasteiger partial charge on any atom is -0.496 e. The minimum absolute atomic E-state index is 0.278. The molecule has 0 fully saturated rings. The number of benzene rings is 1. The lowest BCUT2D eigenvalue weighted by Crippen LogP contribution is -2.27. The van der Waals surface area contributed by atoms with Gasteiger partial charge in [0, 0.05) is 19.2 Å². The number of halogens is 1. The molecular formula is C13H16ClN5O2. The molecule has 0 aliphatic carbocycles. The SMILES string of the molecule is COc1cc(N)c(Cl)cc1C(=O)NCCn1cnnc1C. The van der Waals surface area contributed by atoms with Crippen LogP contribution in [0.5, 0.6) is 5.75 Å². The van der Waals surface area contributed by atoms with Crippen molar-refractivity contribution in [1.29, 1.82) is 0 Å². The van der Waals surface area contributed by atoms with Crippen LogP contribution in [0.1, 0.15) is 16.2 Å². The van der Waals surface area contributed by atoms with Crippen LogP contribution in [-0.4, -0.2) is 34.3 Å². The molecule has 0 saturated heterocycles. The van der Waals surface area contributed by atoms with Gasteiger partial charge in [0.25, 0.3) is 5.91 Å². The van der Waals surface area contributed by atoms with E-state index in [4.69, 9.17) is 22.1 Å². The second-order valence-electron chi connectivity index (χ2n) is 4.40. The van der Waals surface area contributed by atoms with E-state index >= 15 is 0 Å².